The van der Waals surface area contributed by atoms with Crippen molar-refractivity contribution in [3.05, 3.63) is 23.3 Å². The van der Waals surface area contributed by atoms with E-state index in [1.54, 1.807) is 0 Å². The fraction of sp³-hybridized carbons (Fsp3) is 0.750. The van der Waals surface area contributed by atoms with Gasteiger partial charge in [0.15, 0.2) is 0 Å². The minimum atomic E-state index is 0.947. The van der Waals surface area contributed by atoms with Gasteiger partial charge in [-0.15, -0.1) is 0 Å². The minimum Gasteiger partial charge on any atom is -0.238 e. The Morgan fingerprint density at radius 1 is 0.778 bits per heavy atom. The summed E-state index contributed by atoms with van der Waals surface area (Å²) >= 11 is 0. The first kappa shape index (κ1) is 15.1. The Kier molecular flexibility index (Phi) is 7.63. The van der Waals surface area contributed by atoms with Crippen LogP contribution >= 0.6 is 0 Å². The van der Waals surface area contributed by atoms with E-state index >= 15 is 0 Å². The highest BCUT2D eigenvalue weighted by atomic mass is 14.9. The molecule has 2 nitrogen and oxygen atoms in total. The predicted octanol–water partition coefficient (Wildman–Crippen LogP) is 4.50. The van der Waals surface area contributed by atoms with E-state index in [4.69, 9.17) is 0 Å². The molecule has 0 N–H and O–H groups in total. The van der Waals surface area contributed by atoms with Gasteiger partial charge in [-0.05, 0) is 31.7 Å². The lowest BCUT2D eigenvalue weighted by atomic mass is 10.1. The second kappa shape index (κ2) is 9.07. The molecule has 1 aromatic heterocycles. The highest BCUT2D eigenvalue weighted by Crippen LogP contribution is 2.10. The Morgan fingerprint density at radius 3 is 1.67 bits per heavy atom. The van der Waals surface area contributed by atoms with Crippen LogP contribution in [0.2, 0.25) is 0 Å². The third kappa shape index (κ3) is 5.61. The zero-order chi connectivity index (χ0) is 13.2. The van der Waals surface area contributed by atoms with E-state index in [1.165, 1.54) is 49.9 Å². The topological polar surface area (TPSA) is 25.8 Å². The normalized spacial score (nSPS) is 10.8. The van der Waals surface area contributed by atoms with Crippen molar-refractivity contribution in [2.45, 2.75) is 78.6 Å². The fourth-order valence-corrected chi connectivity index (χ4v) is 2.14. The summed E-state index contributed by atoms with van der Waals surface area (Å²) in [6, 6.07) is 2.23. The molecule has 0 fully saturated rings. The van der Waals surface area contributed by atoms with Crippen molar-refractivity contribution in [3.63, 3.8) is 0 Å². The van der Waals surface area contributed by atoms with Crippen LogP contribution in [0.4, 0.5) is 0 Å². The molecule has 1 aromatic rings. The Bertz CT molecular complexity index is 306. The molecular weight excluding hydrogens is 220 g/mol. The molecule has 0 aliphatic rings. The van der Waals surface area contributed by atoms with Gasteiger partial charge >= 0.3 is 0 Å². The summed E-state index contributed by atoms with van der Waals surface area (Å²) < 4.78 is 0. The number of aromatic nitrogens is 2. The van der Waals surface area contributed by atoms with Gasteiger partial charge in [0.1, 0.15) is 5.82 Å². The van der Waals surface area contributed by atoms with Gasteiger partial charge in [-0.25, -0.2) is 9.97 Å². The summed E-state index contributed by atoms with van der Waals surface area (Å²) in [5, 5.41) is 0. The Labute approximate surface area is 112 Å². The van der Waals surface area contributed by atoms with Gasteiger partial charge in [-0.1, -0.05) is 46.5 Å². The second-order valence-corrected chi connectivity index (χ2v) is 5.03. The number of rotatable bonds is 9. The quantitative estimate of drug-likeness (QED) is 0.601. The molecule has 0 amide bonds. The molecule has 0 radical (unpaired) electrons. The van der Waals surface area contributed by atoms with Gasteiger partial charge in [0, 0.05) is 17.8 Å². The van der Waals surface area contributed by atoms with Crippen molar-refractivity contribution in [3.8, 4) is 0 Å². The van der Waals surface area contributed by atoms with Crippen LogP contribution in [0.15, 0.2) is 6.07 Å². The molecule has 0 atom stereocenters. The molecule has 18 heavy (non-hydrogen) atoms. The van der Waals surface area contributed by atoms with E-state index in [-0.39, 0.29) is 0 Å². The van der Waals surface area contributed by atoms with Gasteiger partial charge < -0.3 is 0 Å². The van der Waals surface area contributed by atoms with Crippen LogP contribution in [-0.4, -0.2) is 9.97 Å². The third-order valence-corrected chi connectivity index (χ3v) is 3.27. The lowest BCUT2D eigenvalue weighted by molar-refractivity contribution is 0.682. The number of hydrogen-bond acceptors (Lipinski definition) is 2. The van der Waals surface area contributed by atoms with E-state index in [2.05, 4.69) is 36.8 Å². The first-order valence-corrected chi connectivity index (χ1v) is 7.65. The molecule has 0 bridgehead atoms. The van der Waals surface area contributed by atoms with Crippen molar-refractivity contribution >= 4 is 0 Å². The molecule has 0 aromatic carbocycles. The van der Waals surface area contributed by atoms with Crippen LogP contribution in [0.1, 0.15) is 76.5 Å². The van der Waals surface area contributed by atoms with Crippen LogP contribution in [0.3, 0.4) is 0 Å². The van der Waals surface area contributed by atoms with E-state index in [0.717, 1.165) is 25.1 Å². The van der Waals surface area contributed by atoms with Crippen molar-refractivity contribution in [2.24, 2.45) is 0 Å². The molecule has 1 rings (SSSR count). The van der Waals surface area contributed by atoms with E-state index in [9.17, 15) is 0 Å². The van der Waals surface area contributed by atoms with Gasteiger partial charge in [0.05, 0.1) is 0 Å². The highest BCUT2D eigenvalue weighted by molar-refractivity contribution is 5.12. The number of nitrogens with zero attached hydrogens (tertiary/aromatic N) is 2. The summed E-state index contributed by atoms with van der Waals surface area (Å²) in [5.74, 6) is 1.02. The van der Waals surface area contributed by atoms with Crippen molar-refractivity contribution in [1.82, 2.24) is 9.97 Å². The largest absolute Gasteiger partial charge is 0.238 e. The number of aryl methyl sites for hydroxylation is 3. The van der Waals surface area contributed by atoms with Crippen molar-refractivity contribution in [2.75, 3.05) is 0 Å². The summed E-state index contributed by atoms with van der Waals surface area (Å²) in [6.07, 6.45) is 10.8. The van der Waals surface area contributed by atoms with Crippen LogP contribution in [0.25, 0.3) is 0 Å². The van der Waals surface area contributed by atoms with Crippen LogP contribution in [-0.2, 0) is 19.3 Å². The standard InChI is InChI=1S/C16H28N2/c1-4-7-9-11-14-13-15(12-10-8-5-2)18-16(6-3)17-14/h13H,4-12H2,1-3H3. The average Bonchev–Trinajstić information content (AvgIpc) is 2.39. The van der Waals surface area contributed by atoms with E-state index < -0.39 is 0 Å². The molecule has 0 saturated heterocycles. The van der Waals surface area contributed by atoms with E-state index in [1.807, 2.05) is 0 Å². The van der Waals surface area contributed by atoms with Gasteiger partial charge in [-0.3, -0.25) is 0 Å². The van der Waals surface area contributed by atoms with Gasteiger partial charge in [0.2, 0.25) is 0 Å². The molecule has 1 heterocycles. The Hall–Kier alpha value is -0.920. The lowest BCUT2D eigenvalue weighted by Gasteiger charge is -2.07. The highest BCUT2D eigenvalue weighted by Gasteiger charge is 2.03. The van der Waals surface area contributed by atoms with Gasteiger partial charge in [0.25, 0.3) is 0 Å². The maximum atomic E-state index is 4.64. The molecule has 0 aliphatic carbocycles. The van der Waals surface area contributed by atoms with Crippen molar-refractivity contribution in [1.29, 1.82) is 0 Å². The molecule has 0 saturated carbocycles. The summed E-state index contributed by atoms with van der Waals surface area (Å²) in [4.78, 5) is 9.28. The fourth-order valence-electron chi connectivity index (χ4n) is 2.14. The maximum absolute atomic E-state index is 4.64. The summed E-state index contributed by atoms with van der Waals surface area (Å²) in [7, 11) is 0. The zero-order valence-corrected chi connectivity index (χ0v) is 12.3. The van der Waals surface area contributed by atoms with E-state index in [0.29, 0.717) is 0 Å². The Morgan fingerprint density at radius 2 is 1.28 bits per heavy atom. The zero-order valence-electron chi connectivity index (χ0n) is 12.3. The minimum absolute atomic E-state index is 0.947. The maximum Gasteiger partial charge on any atom is 0.128 e. The molecular formula is C16H28N2. The smallest absolute Gasteiger partial charge is 0.128 e. The first-order valence-electron chi connectivity index (χ1n) is 7.65. The molecule has 0 aliphatic heterocycles. The van der Waals surface area contributed by atoms with Crippen LogP contribution in [0.5, 0.6) is 0 Å². The molecule has 0 unspecified atom stereocenters. The van der Waals surface area contributed by atoms with Crippen LogP contribution in [0, 0.1) is 0 Å². The average molecular weight is 248 g/mol. The summed E-state index contributed by atoms with van der Waals surface area (Å²) in [5.41, 5.74) is 2.50. The Balaban J connectivity index is 2.62. The second-order valence-electron chi connectivity index (χ2n) is 5.03. The summed E-state index contributed by atoms with van der Waals surface area (Å²) in [6.45, 7) is 6.63. The van der Waals surface area contributed by atoms with Crippen LogP contribution < -0.4 is 0 Å². The number of hydrogen-bond donors (Lipinski definition) is 0. The van der Waals surface area contributed by atoms with Crippen molar-refractivity contribution < 1.29 is 0 Å². The monoisotopic (exact) mass is 248 g/mol. The number of unbranched alkanes of at least 4 members (excludes halogenated alkanes) is 4. The first-order chi connectivity index (χ1) is 8.80. The lowest BCUT2D eigenvalue weighted by Crippen LogP contribution is -2.03. The predicted molar refractivity (Wildman–Crippen MR) is 77.9 cm³/mol. The SMILES string of the molecule is CCCCCc1cc(CCCCC)nc(CC)n1. The third-order valence-electron chi connectivity index (χ3n) is 3.27. The molecule has 2 heteroatoms. The molecule has 102 valence electrons. The van der Waals surface area contributed by atoms with Gasteiger partial charge in [-0.2, -0.15) is 0 Å². The molecule has 0 spiro atoms.